The van der Waals surface area contributed by atoms with E-state index in [0.717, 1.165) is 6.26 Å². The maximum atomic E-state index is 12.2. The molecule has 0 saturated carbocycles. The van der Waals surface area contributed by atoms with E-state index in [9.17, 15) is 18.0 Å². The molecular weight excluding hydrogens is 365 g/mol. The quantitative estimate of drug-likeness (QED) is 0.730. The molecule has 0 aliphatic carbocycles. The second-order valence-corrected chi connectivity index (χ2v) is 7.99. The lowest BCUT2D eigenvalue weighted by Gasteiger charge is -2.17. The van der Waals surface area contributed by atoms with E-state index in [1.807, 2.05) is 0 Å². The average Bonchev–Trinajstić information content (AvgIpc) is 2.41. The third-order valence-corrected chi connectivity index (χ3v) is 4.19. The number of halogens is 2. The van der Waals surface area contributed by atoms with Crippen LogP contribution in [0.25, 0.3) is 0 Å². The Morgan fingerprint density at radius 3 is 2.26 bits per heavy atom. The molecule has 1 N–H and O–H groups in total. The summed E-state index contributed by atoms with van der Waals surface area (Å²) in [7, 11) is -3.28. The zero-order valence-corrected chi connectivity index (χ0v) is 15.0. The molecule has 1 rings (SSSR count). The van der Waals surface area contributed by atoms with Gasteiger partial charge in [0.15, 0.2) is 0 Å². The molecule has 0 saturated heterocycles. The SMILES string of the molecule is CCOC(=O)C(CCS(C)(=O)=O)NC(=O)c1cc(Cl)cc(Cl)c1. The predicted molar refractivity (Wildman–Crippen MR) is 88.7 cm³/mol. The number of ether oxygens (including phenoxy) is 1. The maximum absolute atomic E-state index is 12.2. The van der Waals surface area contributed by atoms with Gasteiger partial charge in [-0.2, -0.15) is 0 Å². The number of hydrogen-bond acceptors (Lipinski definition) is 5. The summed E-state index contributed by atoms with van der Waals surface area (Å²) in [6.07, 6.45) is 0.964. The molecule has 0 aliphatic heterocycles. The Balaban J connectivity index is 2.90. The molecule has 9 heteroatoms. The lowest BCUT2D eigenvalue weighted by atomic mass is 10.1. The van der Waals surface area contributed by atoms with Gasteiger partial charge in [-0.05, 0) is 31.5 Å². The van der Waals surface area contributed by atoms with Crippen molar-refractivity contribution in [1.82, 2.24) is 5.32 Å². The van der Waals surface area contributed by atoms with Crippen LogP contribution < -0.4 is 5.32 Å². The third-order valence-electron chi connectivity index (χ3n) is 2.78. The zero-order valence-electron chi connectivity index (χ0n) is 12.6. The second-order valence-electron chi connectivity index (χ2n) is 4.85. The highest BCUT2D eigenvalue weighted by molar-refractivity contribution is 7.90. The van der Waals surface area contributed by atoms with Crippen LogP contribution in [-0.2, 0) is 19.4 Å². The number of carbonyl (C=O) groups excluding carboxylic acids is 2. The lowest BCUT2D eigenvalue weighted by Crippen LogP contribution is -2.43. The van der Waals surface area contributed by atoms with Crippen molar-refractivity contribution in [2.24, 2.45) is 0 Å². The Hall–Kier alpha value is -1.31. The number of rotatable bonds is 7. The van der Waals surface area contributed by atoms with E-state index in [1.54, 1.807) is 6.92 Å². The fraction of sp³-hybridized carbons (Fsp3) is 0.429. The minimum Gasteiger partial charge on any atom is -0.464 e. The monoisotopic (exact) mass is 381 g/mol. The van der Waals surface area contributed by atoms with Crippen LogP contribution in [0, 0.1) is 0 Å². The highest BCUT2D eigenvalue weighted by atomic mass is 35.5. The zero-order chi connectivity index (χ0) is 17.6. The van der Waals surface area contributed by atoms with Crippen molar-refractivity contribution in [2.45, 2.75) is 19.4 Å². The van der Waals surface area contributed by atoms with Crippen molar-refractivity contribution in [3.05, 3.63) is 33.8 Å². The molecule has 1 amide bonds. The number of carbonyl (C=O) groups is 2. The fourth-order valence-corrected chi connectivity index (χ4v) is 2.94. The Morgan fingerprint density at radius 1 is 1.22 bits per heavy atom. The van der Waals surface area contributed by atoms with E-state index in [1.165, 1.54) is 18.2 Å². The molecule has 0 aromatic heterocycles. The summed E-state index contributed by atoms with van der Waals surface area (Å²) < 4.78 is 27.4. The van der Waals surface area contributed by atoms with Crippen LogP contribution in [-0.4, -0.2) is 45.0 Å². The van der Waals surface area contributed by atoms with Crippen molar-refractivity contribution < 1.29 is 22.7 Å². The van der Waals surface area contributed by atoms with Crippen molar-refractivity contribution in [3.63, 3.8) is 0 Å². The molecule has 0 bridgehead atoms. The van der Waals surface area contributed by atoms with E-state index in [4.69, 9.17) is 27.9 Å². The van der Waals surface area contributed by atoms with Gasteiger partial charge >= 0.3 is 5.97 Å². The van der Waals surface area contributed by atoms with Gasteiger partial charge in [0.2, 0.25) is 0 Å². The number of hydrogen-bond donors (Lipinski definition) is 1. The fourth-order valence-electron chi connectivity index (χ4n) is 1.75. The van der Waals surface area contributed by atoms with Crippen molar-refractivity contribution in [1.29, 1.82) is 0 Å². The summed E-state index contributed by atoms with van der Waals surface area (Å²) in [5.74, 6) is -1.55. The topological polar surface area (TPSA) is 89.5 Å². The first-order valence-corrected chi connectivity index (χ1v) is 9.55. The molecule has 1 aromatic carbocycles. The van der Waals surface area contributed by atoms with Gasteiger partial charge in [0.25, 0.3) is 5.91 Å². The van der Waals surface area contributed by atoms with Gasteiger partial charge in [-0.25, -0.2) is 13.2 Å². The average molecular weight is 382 g/mol. The van der Waals surface area contributed by atoms with E-state index in [-0.39, 0.29) is 34.4 Å². The van der Waals surface area contributed by atoms with Crippen LogP contribution in [0.15, 0.2) is 18.2 Å². The molecule has 0 radical (unpaired) electrons. The number of esters is 1. The van der Waals surface area contributed by atoms with Gasteiger partial charge < -0.3 is 10.1 Å². The second kappa shape index (κ2) is 8.52. The Kier molecular flexibility index (Phi) is 7.31. The van der Waals surface area contributed by atoms with E-state index < -0.39 is 27.8 Å². The van der Waals surface area contributed by atoms with Crippen molar-refractivity contribution in [2.75, 3.05) is 18.6 Å². The summed E-state index contributed by atoms with van der Waals surface area (Å²) in [5.41, 5.74) is 0.163. The molecule has 0 spiro atoms. The molecule has 0 aliphatic rings. The Labute approximate surface area is 145 Å². The molecule has 1 aromatic rings. The molecule has 23 heavy (non-hydrogen) atoms. The van der Waals surface area contributed by atoms with Gasteiger partial charge in [-0.3, -0.25) is 4.79 Å². The molecule has 1 unspecified atom stereocenters. The van der Waals surface area contributed by atoms with Gasteiger partial charge in [-0.1, -0.05) is 23.2 Å². The first kappa shape index (κ1) is 19.7. The van der Waals surface area contributed by atoms with Gasteiger partial charge in [0, 0.05) is 21.9 Å². The number of benzene rings is 1. The van der Waals surface area contributed by atoms with E-state index in [0.29, 0.717) is 0 Å². The number of sulfone groups is 1. The van der Waals surface area contributed by atoms with Crippen molar-refractivity contribution in [3.8, 4) is 0 Å². The highest BCUT2D eigenvalue weighted by Crippen LogP contribution is 2.19. The van der Waals surface area contributed by atoms with Gasteiger partial charge in [0.05, 0.1) is 12.4 Å². The first-order valence-electron chi connectivity index (χ1n) is 6.73. The van der Waals surface area contributed by atoms with E-state index in [2.05, 4.69) is 5.32 Å². The molecule has 1 atom stereocenters. The standard InChI is InChI=1S/C14H17Cl2NO5S/c1-3-22-14(19)12(4-5-23(2,20)21)17-13(18)9-6-10(15)8-11(16)7-9/h6-8,12H,3-5H2,1-2H3,(H,17,18). The van der Waals surface area contributed by atoms with Crippen molar-refractivity contribution >= 4 is 44.9 Å². The third kappa shape index (κ3) is 7.20. The summed E-state index contributed by atoms with van der Waals surface area (Å²) in [4.78, 5) is 24.1. The first-order chi connectivity index (χ1) is 10.6. The van der Waals surface area contributed by atoms with Crippen LogP contribution in [0.5, 0.6) is 0 Å². The predicted octanol–water partition coefficient (Wildman–Crippen LogP) is 2.09. The molecule has 128 valence electrons. The van der Waals surface area contributed by atoms with Crippen LogP contribution in [0.3, 0.4) is 0 Å². The molecular formula is C14H17Cl2NO5S. The van der Waals surface area contributed by atoms with Gasteiger partial charge in [-0.15, -0.1) is 0 Å². The Morgan fingerprint density at radius 2 is 1.78 bits per heavy atom. The van der Waals surface area contributed by atoms with Crippen LogP contribution in [0.2, 0.25) is 10.0 Å². The van der Waals surface area contributed by atoms with Crippen LogP contribution in [0.1, 0.15) is 23.7 Å². The summed E-state index contributed by atoms with van der Waals surface area (Å²) in [6.45, 7) is 1.73. The lowest BCUT2D eigenvalue weighted by molar-refractivity contribution is -0.145. The minimum atomic E-state index is -3.28. The van der Waals surface area contributed by atoms with Crippen LogP contribution in [0.4, 0.5) is 0 Å². The van der Waals surface area contributed by atoms with E-state index >= 15 is 0 Å². The minimum absolute atomic E-state index is 0.0856. The highest BCUT2D eigenvalue weighted by Gasteiger charge is 2.24. The van der Waals surface area contributed by atoms with Crippen LogP contribution >= 0.6 is 23.2 Å². The Bertz CT molecular complexity index is 670. The summed E-state index contributed by atoms with van der Waals surface area (Å²) in [5, 5.41) is 2.99. The summed E-state index contributed by atoms with van der Waals surface area (Å²) >= 11 is 11.7. The largest absolute Gasteiger partial charge is 0.464 e. The molecule has 6 nitrogen and oxygen atoms in total. The maximum Gasteiger partial charge on any atom is 0.328 e. The normalized spacial score (nSPS) is 12.5. The summed E-state index contributed by atoms with van der Waals surface area (Å²) in [6, 6.07) is 3.17. The molecule has 0 fully saturated rings. The smallest absolute Gasteiger partial charge is 0.328 e. The van der Waals surface area contributed by atoms with Gasteiger partial charge in [0.1, 0.15) is 15.9 Å². The number of amides is 1. The number of nitrogens with one attached hydrogen (secondary N) is 1. The molecule has 0 heterocycles.